The molecule has 1 atom stereocenters. The first-order valence-electron chi connectivity index (χ1n) is 7.71. The topological polar surface area (TPSA) is 104 Å². The van der Waals surface area contributed by atoms with Crippen LogP contribution in [0.1, 0.15) is 43.2 Å². The Hall–Kier alpha value is -2.08. The molecule has 0 heterocycles. The summed E-state index contributed by atoms with van der Waals surface area (Å²) in [5.74, 6) is -0.468. The van der Waals surface area contributed by atoms with E-state index in [-0.39, 0.29) is 12.2 Å². The Balaban J connectivity index is 2.57. The highest BCUT2D eigenvalue weighted by Gasteiger charge is 2.13. The van der Waals surface area contributed by atoms with Crippen LogP contribution in [0.15, 0.2) is 12.1 Å². The first-order valence-corrected chi connectivity index (χ1v) is 7.71. The molecule has 0 radical (unpaired) electrons. The minimum atomic E-state index is -0.957. The molecule has 6 heteroatoms. The second-order valence-electron chi connectivity index (χ2n) is 5.51. The fraction of sp³-hybridized carbons (Fsp3) is 0.529. The number of aromatic hydroxyl groups is 1. The molecule has 0 aliphatic rings. The Bertz CT molecular complexity index is 526. The highest BCUT2D eigenvalue weighted by Crippen LogP contribution is 2.30. The largest absolute Gasteiger partial charge is 0.508 e. The van der Waals surface area contributed by atoms with Crippen LogP contribution in [0.2, 0.25) is 0 Å². The van der Waals surface area contributed by atoms with Crippen molar-refractivity contribution in [2.24, 2.45) is 0 Å². The predicted molar refractivity (Wildman–Crippen MR) is 84.9 cm³/mol. The van der Waals surface area contributed by atoms with Crippen LogP contribution < -0.4 is 4.74 Å². The van der Waals surface area contributed by atoms with E-state index in [1.807, 2.05) is 0 Å². The molecule has 1 aromatic rings. The van der Waals surface area contributed by atoms with Crippen molar-refractivity contribution < 1.29 is 29.6 Å². The van der Waals surface area contributed by atoms with Crippen molar-refractivity contribution in [2.45, 2.75) is 51.0 Å². The number of rotatable bonds is 11. The van der Waals surface area contributed by atoms with Gasteiger partial charge in [0, 0.05) is 6.07 Å². The SMILES string of the molecule is COc1cc(O)c(CCCCCCC(O)C=O)c(CC(=O)O)c1. The van der Waals surface area contributed by atoms with Gasteiger partial charge in [0.1, 0.15) is 23.9 Å². The van der Waals surface area contributed by atoms with Crippen LogP contribution in [-0.4, -0.2) is 40.8 Å². The minimum Gasteiger partial charge on any atom is -0.508 e. The Labute approximate surface area is 135 Å². The van der Waals surface area contributed by atoms with Crippen LogP contribution in [-0.2, 0) is 22.4 Å². The number of aliphatic carboxylic acids is 1. The van der Waals surface area contributed by atoms with E-state index in [1.165, 1.54) is 13.2 Å². The maximum Gasteiger partial charge on any atom is 0.307 e. The first kappa shape index (κ1) is 19.0. The number of aliphatic hydroxyl groups excluding tert-OH is 1. The number of carbonyl (C=O) groups excluding carboxylic acids is 1. The lowest BCUT2D eigenvalue weighted by molar-refractivity contribution is -0.136. The van der Waals surface area contributed by atoms with E-state index < -0.39 is 12.1 Å². The van der Waals surface area contributed by atoms with Gasteiger partial charge in [0.2, 0.25) is 0 Å². The summed E-state index contributed by atoms with van der Waals surface area (Å²) in [6.45, 7) is 0. The monoisotopic (exact) mass is 324 g/mol. The lowest BCUT2D eigenvalue weighted by Crippen LogP contribution is -2.07. The summed E-state index contributed by atoms with van der Waals surface area (Å²) in [4.78, 5) is 21.3. The molecule has 0 aliphatic carbocycles. The number of carboxylic acids is 1. The molecule has 1 unspecified atom stereocenters. The van der Waals surface area contributed by atoms with Crippen molar-refractivity contribution in [3.63, 3.8) is 0 Å². The molecule has 6 nitrogen and oxygen atoms in total. The summed E-state index contributed by atoms with van der Waals surface area (Å²) in [7, 11) is 1.47. The van der Waals surface area contributed by atoms with E-state index in [0.29, 0.717) is 36.0 Å². The zero-order valence-electron chi connectivity index (χ0n) is 13.3. The highest BCUT2D eigenvalue weighted by molar-refractivity contribution is 5.71. The van der Waals surface area contributed by atoms with Gasteiger partial charge in [0.25, 0.3) is 0 Å². The van der Waals surface area contributed by atoms with Gasteiger partial charge in [-0.2, -0.15) is 0 Å². The van der Waals surface area contributed by atoms with Crippen LogP contribution in [0, 0.1) is 0 Å². The zero-order valence-corrected chi connectivity index (χ0v) is 13.3. The van der Waals surface area contributed by atoms with E-state index in [0.717, 1.165) is 25.7 Å². The average molecular weight is 324 g/mol. The van der Waals surface area contributed by atoms with Crippen molar-refractivity contribution in [2.75, 3.05) is 7.11 Å². The Morgan fingerprint density at radius 3 is 2.57 bits per heavy atom. The number of benzene rings is 1. The second kappa shape index (κ2) is 9.84. The molecule has 0 aliphatic heterocycles. The zero-order chi connectivity index (χ0) is 17.2. The first-order chi connectivity index (χ1) is 11.0. The number of carboxylic acid groups (broad SMARTS) is 1. The van der Waals surface area contributed by atoms with Crippen molar-refractivity contribution in [1.29, 1.82) is 0 Å². The lowest BCUT2D eigenvalue weighted by Gasteiger charge is -2.12. The molecule has 0 bridgehead atoms. The van der Waals surface area contributed by atoms with Gasteiger partial charge in [-0.15, -0.1) is 0 Å². The molecular weight excluding hydrogens is 300 g/mol. The maximum absolute atomic E-state index is 11.0. The summed E-state index contributed by atoms with van der Waals surface area (Å²) in [6, 6.07) is 3.13. The number of aliphatic hydroxyl groups is 1. The van der Waals surface area contributed by atoms with E-state index in [9.17, 15) is 14.7 Å². The molecular formula is C17H24O6. The molecule has 0 spiro atoms. The van der Waals surface area contributed by atoms with Crippen molar-refractivity contribution in [3.05, 3.63) is 23.3 Å². The third-order valence-corrected chi connectivity index (χ3v) is 3.70. The molecule has 128 valence electrons. The molecule has 0 saturated carbocycles. The molecule has 0 amide bonds. The van der Waals surface area contributed by atoms with Crippen molar-refractivity contribution >= 4 is 12.3 Å². The van der Waals surface area contributed by atoms with E-state index in [1.54, 1.807) is 6.07 Å². The Morgan fingerprint density at radius 2 is 1.96 bits per heavy atom. The van der Waals surface area contributed by atoms with Crippen LogP contribution >= 0.6 is 0 Å². The molecule has 23 heavy (non-hydrogen) atoms. The number of aldehydes is 1. The van der Waals surface area contributed by atoms with E-state index >= 15 is 0 Å². The quantitative estimate of drug-likeness (QED) is 0.425. The van der Waals surface area contributed by atoms with E-state index in [2.05, 4.69) is 0 Å². The van der Waals surface area contributed by atoms with Gasteiger partial charge in [-0.05, 0) is 36.5 Å². The Morgan fingerprint density at radius 1 is 1.26 bits per heavy atom. The van der Waals surface area contributed by atoms with Crippen LogP contribution in [0.25, 0.3) is 0 Å². The number of carbonyl (C=O) groups is 2. The number of phenolic OH excluding ortho intramolecular Hbond substituents is 1. The molecule has 1 rings (SSSR count). The molecule has 0 fully saturated rings. The fourth-order valence-electron chi connectivity index (χ4n) is 2.49. The van der Waals surface area contributed by atoms with Crippen molar-refractivity contribution in [1.82, 2.24) is 0 Å². The minimum absolute atomic E-state index is 0.0528. The number of methoxy groups -OCH3 is 1. The van der Waals surface area contributed by atoms with Gasteiger partial charge in [-0.25, -0.2) is 0 Å². The van der Waals surface area contributed by atoms with Gasteiger partial charge >= 0.3 is 5.97 Å². The summed E-state index contributed by atoms with van der Waals surface area (Å²) < 4.78 is 5.06. The third-order valence-electron chi connectivity index (χ3n) is 3.70. The van der Waals surface area contributed by atoms with Gasteiger partial charge in [-0.1, -0.05) is 19.3 Å². The molecule has 0 aromatic heterocycles. The smallest absolute Gasteiger partial charge is 0.307 e. The molecule has 0 saturated heterocycles. The van der Waals surface area contributed by atoms with E-state index in [4.69, 9.17) is 14.9 Å². The Kier molecular flexibility index (Phi) is 8.11. The number of ether oxygens (including phenoxy) is 1. The third kappa shape index (κ3) is 6.69. The summed E-state index contributed by atoms with van der Waals surface area (Å²) >= 11 is 0. The van der Waals surface area contributed by atoms with Crippen molar-refractivity contribution in [3.8, 4) is 11.5 Å². The molecule has 1 aromatic carbocycles. The van der Waals surface area contributed by atoms with Gasteiger partial charge < -0.3 is 24.9 Å². The number of unbranched alkanes of at least 4 members (excludes halogenated alkanes) is 3. The predicted octanol–water partition coefficient (Wildman–Crippen LogP) is 2.08. The fourth-order valence-corrected chi connectivity index (χ4v) is 2.49. The normalized spacial score (nSPS) is 11.9. The lowest BCUT2D eigenvalue weighted by atomic mass is 9.97. The van der Waals surface area contributed by atoms with Crippen LogP contribution in [0.5, 0.6) is 11.5 Å². The second-order valence-corrected chi connectivity index (χ2v) is 5.51. The van der Waals surface area contributed by atoms with Crippen LogP contribution in [0.4, 0.5) is 0 Å². The highest BCUT2D eigenvalue weighted by atomic mass is 16.5. The maximum atomic E-state index is 11.0. The number of hydrogen-bond acceptors (Lipinski definition) is 5. The number of phenols is 1. The van der Waals surface area contributed by atoms with Crippen LogP contribution in [0.3, 0.4) is 0 Å². The number of hydrogen-bond donors (Lipinski definition) is 3. The summed E-state index contributed by atoms with van der Waals surface area (Å²) in [6.07, 6.45) is 3.83. The summed E-state index contributed by atoms with van der Waals surface area (Å²) in [5, 5.41) is 28.2. The molecule has 3 N–H and O–H groups in total. The van der Waals surface area contributed by atoms with Gasteiger partial charge in [0.15, 0.2) is 0 Å². The summed E-state index contributed by atoms with van der Waals surface area (Å²) in [5.41, 5.74) is 1.20. The average Bonchev–Trinajstić information content (AvgIpc) is 2.51. The van der Waals surface area contributed by atoms with Gasteiger partial charge in [0.05, 0.1) is 13.5 Å². The van der Waals surface area contributed by atoms with Gasteiger partial charge in [-0.3, -0.25) is 4.79 Å². The standard InChI is InChI=1S/C17H24O6/c1-23-14-8-12(9-17(21)22)15(16(20)10-14)7-5-3-2-4-6-13(19)11-18/h8,10-11,13,19-20H,2-7,9H2,1H3,(H,21,22).